The molecule has 1 aromatic rings. The summed E-state index contributed by atoms with van der Waals surface area (Å²) in [4.78, 5) is 0. The quantitative estimate of drug-likeness (QED) is 0.744. The summed E-state index contributed by atoms with van der Waals surface area (Å²) < 4.78 is 5.66. The average molecular weight is 238 g/mol. The third kappa shape index (κ3) is 1.70. The lowest BCUT2D eigenvalue weighted by molar-refractivity contribution is 0.0863. The van der Waals surface area contributed by atoms with Crippen molar-refractivity contribution in [1.82, 2.24) is 0 Å². The van der Waals surface area contributed by atoms with Crippen LogP contribution in [0.25, 0.3) is 0 Å². The molecule has 2 atom stereocenters. The van der Waals surface area contributed by atoms with Crippen LogP contribution in [0.15, 0.2) is 36.9 Å². The van der Waals surface area contributed by atoms with Crippen LogP contribution in [0.1, 0.15) is 17.2 Å². The molecule has 0 N–H and O–H groups in total. The maximum Gasteiger partial charge on any atom is 0.182 e. The van der Waals surface area contributed by atoms with Gasteiger partial charge in [0.2, 0.25) is 0 Å². The van der Waals surface area contributed by atoms with Gasteiger partial charge in [0.25, 0.3) is 0 Å². The monoisotopic (exact) mass is 238 g/mol. The summed E-state index contributed by atoms with van der Waals surface area (Å²) in [5.41, 5.74) is 0.835. The normalized spacial score (nSPS) is 25.1. The summed E-state index contributed by atoms with van der Waals surface area (Å²) in [5, 5.41) is 18.8. The van der Waals surface area contributed by atoms with Gasteiger partial charge in [-0.1, -0.05) is 35.9 Å². The Bertz CT molecular complexity index is 519. The van der Waals surface area contributed by atoms with E-state index in [0.29, 0.717) is 6.61 Å². The van der Waals surface area contributed by atoms with Gasteiger partial charge in [0, 0.05) is 5.92 Å². The summed E-state index contributed by atoms with van der Waals surface area (Å²) in [7, 11) is 0. The van der Waals surface area contributed by atoms with Crippen LogP contribution in [-0.4, -0.2) is 6.61 Å². The fourth-order valence-corrected chi connectivity index (χ4v) is 2.32. The number of ether oxygens (including phenoxy) is 1. The molecule has 0 amide bonds. The molecule has 3 heteroatoms. The Kier molecular flexibility index (Phi) is 3.19. The van der Waals surface area contributed by atoms with Crippen molar-refractivity contribution in [3.05, 3.63) is 48.0 Å². The van der Waals surface area contributed by atoms with E-state index < -0.39 is 11.5 Å². The van der Waals surface area contributed by atoms with E-state index in [1.165, 1.54) is 0 Å². The molecule has 0 bridgehead atoms. The second-order valence-corrected chi connectivity index (χ2v) is 4.56. The van der Waals surface area contributed by atoms with E-state index in [4.69, 9.17) is 4.74 Å². The first-order valence-electron chi connectivity index (χ1n) is 5.81. The summed E-state index contributed by atoms with van der Waals surface area (Å²) in [6.07, 6.45) is 1.14. The molecule has 0 aliphatic carbocycles. The van der Waals surface area contributed by atoms with Gasteiger partial charge >= 0.3 is 0 Å². The summed E-state index contributed by atoms with van der Waals surface area (Å²) >= 11 is 0. The van der Waals surface area contributed by atoms with E-state index >= 15 is 0 Å². The molecule has 1 heterocycles. The molecule has 1 saturated heterocycles. The van der Waals surface area contributed by atoms with Gasteiger partial charge in [0.05, 0.1) is 18.7 Å². The Morgan fingerprint density at radius 1 is 1.33 bits per heavy atom. The lowest BCUT2D eigenvalue weighted by Crippen LogP contribution is -2.27. The zero-order valence-electron chi connectivity index (χ0n) is 10.3. The lowest BCUT2D eigenvalue weighted by Gasteiger charge is -2.23. The predicted molar refractivity (Wildman–Crippen MR) is 67.2 cm³/mol. The van der Waals surface area contributed by atoms with Crippen molar-refractivity contribution in [2.75, 3.05) is 6.61 Å². The minimum Gasteiger partial charge on any atom is -0.370 e. The summed E-state index contributed by atoms with van der Waals surface area (Å²) in [6, 6.07) is 12.0. The number of rotatable bonds is 2. The number of nitrogens with zero attached hydrogens (tertiary/aromatic N) is 2. The van der Waals surface area contributed by atoms with E-state index in [9.17, 15) is 10.5 Å². The highest BCUT2D eigenvalue weighted by molar-refractivity contribution is 5.34. The molecule has 1 fully saturated rings. The van der Waals surface area contributed by atoms with Crippen molar-refractivity contribution in [3.63, 3.8) is 0 Å². The topological polar surface area (TPSA) is 56.8 Å². The molecule has 1 aliphatic heterocycles. The summed E-state index contributed by atoms with van der Waals surface area (Å²) in [5.74, 6) is -0.251. The third-order valence-electron chi connectivity index (χ3n) is 3.48. The molecule has 0 aromatic heterocycles. The molecular formula is C15H14N2O. The van der Waals surface area contributed by atoms with Gasteiger partial charge < -0.3 is 4.74 Å². The first-order chi connectivity index (χ1) is 8.67. The van der Waals surface area contributed by atoms with Crippen LogP contribution >= 0.6 is 0 Å². The van der Waals surface area contributed by atoms with Gasteiger partial charge in [-0.2, -0.15) is 10.5 Å². The van der Waals surface area contributed by atoms with Crippen molar-refractivity contribution < 1.29 is 4.74 Å². The average Bonchev–Trinajstić information content (AvgIpc) is 2.78. The first kappa shape index (κ1) is 12.4. The minimum atomic E-state index is -1.17. The fourth-order valence-electron chi connectivity index (χ4n) is 2.32. The summed E-state index contributed by atoms with van der Waals surface area (Å²) in [6.45, 7) is 6.05. The van der Waals surface area contributed by atoms with Crippen molar-refractivity contribution in [2.45, 2.75) is 13.0 Å². The van der Waals surface area contributed by atoms with Crippen LogP contribution in [-0.2, 0) is 4.74 Å². The molecule has 3 nitrogen and oxygen atoms in total. The molecule has 0 unspecified atom stereocenters. The van der Waals surface area contributed by atoms with Gasteiger partial charge in [0.1, 0.15) is 6.10 Å². The zero-order valence-corrected chi connectivity index (χ0v) is 10.3. The smallest absolute Gasteiger partial charge is 0.182 e. The fraction of sp³-hybridized carbons (Fsp3) is 0.333. The molecule has 0 saturated carbocycles. The predicted octanol–water partition coefficient (Wildman–Crippen LogP) is 2.90. The molecule has 0 radical (unpaired) electrons. The zero-order chi connectivity index (χ0) is 13.2. The van der Waals surface area contributed by atoms with Crippen LogP contribution < -0.4 is 0 Å². The van der Waals surface area contributed by atoms with Gasteiger partial charge in [-0.05, 0) is 12.5 Å². The van der Waals surface area contributed by atoms with Gasteiger partial charge in [-0.3, -0.25) is 0 Å². The highest BCUT2D eigenvalue weighted by Crippen LogP contribution is 2.48. The Labute approximate surface area is 107 Å². The van der Waals surface area contributed by atoms with Crippen molar-refractivity contribution in [2.24, 2.45) is 11.3 Å². The molecule has 1 aliphatic rings. The van der Waals surface area contributed by atoms with Gasteiger partial charge in [0.15, 0.2) is 5.41 Å². The number of benzene rings is 1. The molecule has 1 aromatic carbocycles. The molecule has 0 spiro atoms. The first-order valence-corrected chi connectivity index (χ1v) is 5.81. The van der Waals surface area contributed by atoms with Crippen LogP contribution in [0.4, 0.5) is 0 Å². The van der Waals surface area contributed by atoms with Crippen molar-refractivity contribution in [3.8, 4) is 12.1 Å². The molecule has 18 heavy (non-hydrogen) atoms. The lowest BCUT2D eigenvalue weighted by atomic mass is 9.74. The number of hydrogen-bond acceptors (Lipinski definition) is 3. The van der Waals surface area contributed by atoms with Crippen LogP contribution in [0, 0.1) is 40.9 Å². The van der Waals surface area contributed by atoms with E-state index in [2.05, 4.69) is 18.7 Å². The van der Waals surface area contributed by atoms with E-state index in [1.807, 2.05) is 31.2 Å². The minimum absolute atomic E-state index is 0.251. The Morgan fingerprint density at radius 2 is 1.94 bits per heavy atom. The largest absolute Gasteiger partial charge is 0.370 e. The number of aryl methyl sites for hydroxylation is 1. The molecule has 2 rings (SSSR count). The van der Waals surface area contributed by atoms with Gasteiger partial charge in [-0.25, -0.2) is 0 Å². The number of hydrogen-bond donors (Lipinski definition) is 0. The van der Waals surface area contributed by atoms with Crippen LogP contribution in [0.5, 0.6) is 0 Å². The van der Waals surface area contributed by atoms with Crippen LogP contribution in [0.3, 0.4) is 0 Å². The maximum absolute atomic E-state index is 9.40. The highest BCUT2D eigenvalue weighted by Gasteiger charge is 2.52. The van der Waals surface area contributed by atoms with E-state index in [0.717, 1.165) is 11.1 Å². The Hall–Kier alpha value is -2.10. The second-order valence-electron chi connectivity index (χ2n) is 4.56. The standard InChI is InChI=1S/C15H14N2O/c1-3-13-8-18-14(15(13,9-16)10-17)12-6-4-11(2)5-7-12/h3-7,13-14H,1,8H2,2H3/t13-,14-/m0/s1. The molecule has 90 valence electrons. The second kappa shape index (κ2) is 4.64. The number of nitriles is 2. The van der Waals surface area contributed by atoms with Crippen molar-refractivity contribution in [1.29, 1.82) is 10.5 Å². The molecular weight excluding hydrogens is 224 g/mol. The van der Waals surface area contributed by atoms with Gasteiger partial charge in [-0.15, -0.1) is 6.58 Å². The van der Waals surface area contributed by atoms with E-state index in [-0.39, 0.29) is 5.92 Å². The Balaban J connectivity index is 2.46. The Morgan fingerprint density at radius 3 is 2.44 bits per heavy atom. The SMILES string of the molecule is C=C[C@H]1CO[C@@H](c2ccc(C)cc2)C1(C#N)C#N. The van der Waals surface area contributed by atoms with Crippen molar-refractivity contribution >= 4 is 0 Å². The maximum atomic E-state index is 9.40. The van der Waals surface area contributed by atoms with Crippen LogP contribution in [0.2, 0.25) is 0 Å². The van der Waals surface area contributed by atoms with E-state index in [1.54, 1.807) is 6.08 Å². The highest BCUT2D eigenvalue weighted by atomic mass is 16.5. The third-order valence-corrected chi connectivity index (χ3v) is 3.48.